The molecule has 1 saturated carbocycles. The molecule has 1 amide bonds. The highest BCUT2D eigenvalue weighted by atomic mass is 16.4. The molecular formula is C34H36N4O3. The molecule has 3 atom stereocenters. The van der Waals surface area contributed by atoms with Gasteiger partial charge in [-0.15, -0.1) is 0 Å². The lowest BCUT2D eigenvalue weighted by molar-refractivity contribution is 0.0600. The molecule has 4 aromatic rings. The molecule has 3 heterocycles. The van der Waals surface area contributed by atoms with Gasteiger partial charge in [0.2, 0.25) is 0 Å². The van der Waals surface area contributed by atoms with E-state index in [2.05, 4.69) is 21.9 Å². The van der Waals surface area contributed by atoms with E-state index in [9.17, 15) is 14.7 Å². The Kier molecular flexibility index (Phi) is 7.43. The molecule has 7 nitrogen and oxygen atoms in total. The fraction of sp³-hybridized carbons (Fsp3) is 0.353. The first-order valence-corrected chi connectivity index (χ1v) is 14.7. The minimum Gasteiger partial charge on any atom is -0.478 e. The average Bonchev–Trinajstić information content (AvgIpc) is 3.66. The van der Waals surface area contributed by atoms with E-state index in [4.69, 9.17) is 0 Å². The predicted octanol–water partition coefficient (Wildman–Crippen LogP) is 7.01. The van der Waals surface area contributed by atoms with Crippen molar-refractivity contribution < 1.29 is 14.7 Å². The van der Waals surface area contributed by atoms with Crippen LogP contribution in [0.1, 0.15) is 95.0 Å². The van der Waals surface area contributed by atoms with Gasteiger partial charge in [0.25, 0.3) is 5.91 Å². The molecule has 2 fully saturated rings. The number of aromatic carboxylic acids is 1. The highest BCUT2D eigenvalue weighted by molar-refractivity contribution is 5.96. The maximum absolute atomic E-state index is 13.6. The number of aromatic nitrogens is 3. The molecule has 1 unspecified atom stereocenters. The van der Waals surface area contributed by atoms with E-state index in [1.165, 1.54) is 12.6 Å². The van der Waals surface area contributed by atoms with Crippen LogP contribution in [0.25, 0.3) is 16.8 Å². The van der Waals surface area contributed by atoms with Gasteiger partial charge in [0, 0.05) is 41.9 Å². The van der Waals surface area contributed by atoms with Gasteiger partial charge in [-0.3, -0.25) is 9.78 Å². The predicted molar refractivity (Wildman–Crippen MR) is 159 cm³/mol. The normalized spacial score (nSPS) is 20.1. The molecule has 6 rings (SSSR count). The number of nitrogens with zero attached hydrogens (tertiary/aromatic N) is 4. The lowest BCUT2D eigenvalue weighted by Gasteiger charge is -2.36. The third kappa shape index (κ3) is 5.41. The highest BCUT2D eigenvalue weighted by Crippen LogP contribution is 2.55. The summed E-state index contributed by atoms with van der Waals surface area (Å²) in [5.41, 5.74) is 6.41. The number of piperidine rings is 1. The number of likely N-dealkylation sites (tertiary alicyclic amines) is 1. The van der Waals surface area contributed by atoms with Gasteiger partial charge in [0.1, 0.15) is 5.56 Å². The average molecular weight is 549 g/mol. The van der Waals surface area contributed by atoms with Crippen LogP contribution < -0.4 is 0 Å². The molecule has 7 heteroatoms. The van der Waals surface area contributed by atoms with E-state index in [1.807, 2.05) is 73.8 Å². The Morgan fingerprint density at radius 2 is 1.78 bits per heavy atom. The quantitative estimate of drug-likeness (QED) is 0.256. The van der Waals surface area contributed by atoms with Crippen LogP contribution in [0.3, 0.4) is 0 Å². The van der Waals surface area contributed by atoms with E-state index in [0.717, 1.165) is 66.7 Å². The number of hydrogen-bond donors (Lipinski definition) is 1. The second-order valence-electron chi connectivity index (χ2n) is 11.4. The first-order valence-electron chi connectivity index (χ1n) is 14.7. The largest absolute Gasteiger partial charge is 0.478 e. The van der Waals surface area contributed by atoms with E-state index < -0.39 is 5.97 Å². The van der Waals surface area contributed by atoms with Crippen molar-refractivity contribution in [1.29, 1.82) is 0 Å². The summed E-state index contributed by atoms with van der Waals surface area (Å²) in [6.07, 6.45) is 9.58. The molecule has 0 spiro atoms. The fourth-order valence-corrected chi connectivity index (χ4v) is 6.32. The number of hydrogen-bond acceptors (Lipinski definition) is 4. The summed E-state index contributed by atoms with van der Waals surface area (Å²) in [6, 6.07) is 20.2. The van der Waals surface area contributed by atoms with Crippen LogP contribution >= 0.6 is 0 Å². The highest BCUT2D eigenvalue weighted by Gasteiger charge is 2.45. The molecule has 1 aliphatic carbocycles. The molecule has 2 aromatic carbocycles. The van der Waals surface area contributed by atoms with Gasteiger partial charge in [0.05, 0.1) is 17.6 Å². The Morgan fingerprint density at radius 3 is 2.54 bits per heavy atom. The first kappa shape index (κ1) is 26.9. The lowest BCUT2D eigenvalue weighted by Crippen LogP contribution is -2.43. The van der Waals surface area contributed by atoms with Crippen molar-refractivity contribution in [3.05, 3.63) is 101 Å². The molecule has 1 saturated heterocycles. The monoisotopic (exact) mass is 548 g/mol. The number of carbonyl (C=O) groups is 2. The summed E-state index contributed by atoms with van der Waals surface area (Å²) in [6.45, 7) is 5.00. The van der Waals surface area contributed by atoms with Crippen LogP contribution in [0.15, 0.2) is 73.1 Å². The molecule has 2 aromatic heterocycles. The van der Waals surface area contributed by atoms with Crippen LogP contribution in [-0.2, 0) is 0 Å². The third-order valence-corrected chi connectivity index (χ3v) is 8.54. The second-order valence-corrected chi connectivity index (χ2v) is 11.4. The smallest absolute Gasteiger partial charge is 0.339 e. The Bertz CT molecular complexity index is 1570. The number of carboxylic acid groups (broad SMARTS) is 1. The number of amides is 1. The van der Waals surface area contributed by atoms with E-state index in [1.54, 1.807) is 4.68 Å². The zero-order chi connectivity index (χ0) is 28.5. The van der Waals surface area contributed by atoms with Crippen molar-refractivity contribution in [1.82, 2.24) is 19.7 Å². The Hall–Kier alpha value is -4.26. The van der Waals surface area contributed by atoms with Gasteiger partial charge in [-0.1, -0.05) is 43.7 Å². The Balaban J connectivity index is 1.30. The summed E-state index contributed by atoms with van der Waals surface area (Å²) in [4.78, 5) is 32.4. The third-order valence-electron chi connectivity index (χ3n) is 8.54. The molecule has 1 aliphatic heterocycles. The summed E-state index contributed by atoms with van der Waals surface area (Å²) in [5.74, 6) is -0.674. The number of rotatable bonds is 8. The summed E-state index contributed by atoms with van der Waals surface area (Å²) in [7, 11) is 0. The molecular weight excluding hydrogens is 512 g/mol. The number of carbonyl (C=O) groups excluding carboxylic acids is 1. The zero-order valence-corrected chi connectivity index (χ0v) is 23.7. The zero-order valence-electron chi connectivity index (χ0n) is 23.7. The summed E-state index contributed by atoms with van der Waals surface area (Å²) in [5, 5.41) is 14.5. The van der Waals surface area contributed by atoms with Crippen molar-refractivity contribution in [2.24, 2.45) is 0 Å². The molecule has 41 heavy (non-hydrogen) atoms. The van der Waals surface area contributed by atoms with Crippen molar-refractivity contribution >= 4 is 11.9 Å². The van der Waals surface area contributed by atoms with Crippen LogP contribution in [-0.4, -0.2) is 49.2 Å². The van der Waals surface area contributed by atoms with Crippen molar-refractivity contribution in [3.63, 3.8) is 0 Å². The van der Waals surface area contributed by atoms with Gasteiger partial charge < -0.3 is 10.0 Å². The Labute approximate surface area is 240 Å². The van der Waals surface area contributed by atoms with Gasteiger partial charge in [-0.2, -0.15) is 5.10 Å². The number of carboxylic acids is 1. The lowest BCUT2D eigenvalue weighted by atomic mass is 9.96. The van der Waals surface area contributed by atoms with Crippen LogP contribution in [0.2, 0.25) is 0 Å². The number of aryl methyl sites for hydroxylation is 1. The maximum atomic E-state index is 13.6. The molecule has 1 N–H and O–H groups in total. The van der Waals surface area contributed by atoms with Crippen molar-refractivity contribution in [3.8, 4) is 16.8 Å². The molecule has 0 radical (unpaired) electrons. The second kappa shape index (κ2) is 11.3. The maximum Gasteiger partial charge on any atom is 0.339 e. The number of pyridine rings is 1. The fourth-order valence-electron chi connectivity index (χ4n) is 6.32. The summed E-state index contributed by atoms with van der Waals surface area (Å²) < 4.78 is 1.77. The minimum absolute atomic E-state index is 0.0315. The SMILES string of the molecule is CCC[C@@H]1CCCCN1C(=O)c1cccc(-c2cccc(-n3ncc(C(=O)O)c3[C@@H]3CC3c3ccc(C)cn3)c2)c1. The molecule has 210 valence electrons. The Morgan fingerprint density at radius 1 is 0.976 bits per heavy atom. The van der Waals surface area contributed by atoms with E-state index in [0.29, 0.717) is 17.3 Å². The first-order chi connectivity index (χ1) is 19.9. The topological polar surface area (TPSA) is 88.3 Å². The number of benzene rings is 2. The van der Waals surface area contributed by atoms with Gasteiger partial charge in [-0.05, 0) is 86.1 Å². The minimum atomic E-state index is -0.977. The van der Waals surface area contributed by atoms with Gasteiger partial charge in [-0.25, -0.2) is 9.48 Å². The van der Waals surface area contributed by atoms with Gasteiger partial charge in [0.15, 0.2) is 0 Å². The molecule has 2 aliphatic rings. The summed E-state index contributed by atoms with van der Waals surface area (Å²) >= 11 is 0. The van der Waals surface area contributed by atoms with Crippen LogP contribution in [0.4, 0.5) is 0 Å². The van der Waals surface area contributed by atoms with Crippen LogP contribution in [0, 0.1) is 6.92 Å². The van der Waals surface area contributed by atoms with Gasteiger partial charge >= 0.3 is 5.97 Å². The standard InChI is InChI=1S/C34H36N4O3/c1-3-8-26-12-4-5-16-37(26)33(39)25-11-6-9-23(17-25)24-10-7-13-27(18-24)38-32(30(21-36-38)34(40)41)29-19-28(29)31-15-14-22(2)20-35-31/h6-7,9-11,13-15,17-18,20-21,26,28-29H,3-5,8,12,16,19H2,1-2H3,(H,40,41)/t26-,28?,29-/m1/s1. The van der Waals surface area contributed by atoms with Crippen LogP contribution in [0.5, 0.6) is 0 Å². The van der Waals surface area contributed by atoms with Crippen molar-refractivity contribution in [2.75, 3.05) is 6.54 Å². The van der Waals surface area contributed by atoms with Crippen molar-refractivity contribution in [2.45, 2.75) is 70.3 Å². The molecule has 0 bridgehead atoms. The van der Waals surface area contributed by atoms with E-state index >= 15 is 0 Å². The van der Waals surface area contributed by atoms with E-state index in [-0.39, 0.29) is 23.3 Å².